The molecule has 0 bridgehead atoms. The molecule has 0 saturated heterocycles. The molecule has 7 nitrogen and oxygen atoms in total. The predicted molar refractivity (Wildman–Crippen MR) is 130 cm³/mol. The fourth-order valence-corrected chi connectivity index (χ4v) is 5.11. The number of aliphatic carboxylic acids is 1. The molecule has 4 rings (SSSR count). The molecular weight excluding hydrogens is 476 g/mol. The second-order valence-corrected chi connectivity index (χ2v) is 9.07. The van der Waals surface area contributed by atoms with Crippen molar-refractivity contribution in [1.82, 2.24) is 10.6 Å². The lowest BCUT2D eigenvalue weighted by Gasteiger charge is -2.19. The van der Waals surface area contributed by atoms with Crippen LogP contribution in [0.4, 0.5) is 4.79 Å². The van der Waals surface area contributed by atoms with Crippen LogP contribution in [0, 0.1) is 0 Å². The molecule has 0 aliphatic heterocycles. The molecule has 0 saturated carbocycles. The van der Waals surface area contributed by atoms with Gasteiger partial charge in [0.2, 0.25) is 5.91 Å². The number of nitrogens with one attached hydrogen (secondary N) is 2. The Bertz CT molecular complexity index is 1170. The van der Waals surface area contributed by atoms with Gasteiger partial charge in [-0.3, -0.25) is 9.59 Å². The lowest BCUT2D eigenvalue weighted by molar-refractivity contribution is -0.137. The van der Waals surface area contributed by atoms with E-state index < -0.39 is 24.0 Å². The van der Waals surface area contributed by atoms with E-state index in [1.54, 1.807) is 5.38 Å². The molecule has 2 amide bonds. The van der Waals surface area contributed by atoms with Gasteiger partial charge in [0.05, 0.1) is 5.02 Å². The van der Waals surface area contributed by atoms with Gasteiger partial charge in [-0.2, -0.15) is 11.3 Å². The minimum Gasteiger partial charge on any atom is -0.481 e. The van der Waals surface area contributed by atoms with Crippen molar-refractivity contribution in [1.29, 1.82) is 0 Å². The average Bonchev–Trinajstić information content (AvgIpc) is 3.39. The van der Waals surface area contributed by atoms with Crippen molar-refractivity contribution in [2.45, 2.75) is 31.3 Å². The molecule has 0 fully saturated rings. The van der Waals surface area contributed by atoms with Gasteiger partial charge in [0.1, 0.15) is 12.6 Å². The summed E-state index contributed by atoms with van der Waals surface area (Å²) in [6.07, 6.45) is -1.12. The molecule has 9 heteroatoms. The number of amides is 2. The third kappa shape index (κ3) is 5.40. The van der Waals surface area contributed by atoms with E-state index in [9.17, 15) is 14.4 Å². The molecule has 1 heterocycles. The topological polar surface area (TPSA) is 105 Å². The number of carbonyl (C=O) groups is 3. The summed E-state index contributed by atoms with van der Waals surface area (Å²) in [5.41, 5.74) is 5.11. The second kappa shape index (κ2) is 10.7. The number of carbonyl (C=O) groups excluding carboxylic acids is 2. The van der Waals surface area contributed by atoms with Gasteiger partial charge >= 0.3 is 12.1 Å². The summed E-state index contributed by atoms with van der Waals surface area (Å²) in [5, 5.41) is 18.4. The Hall–Kier alpha value is -3.36. The number of rotatable bonds is 9. The van der Waals surface area contributed by atoms with Gasteiger partial charge in [-0.25, -0.2) is 4.79 Å². The van der Waals surface area contributed by atoms with E-state index in [1.165, 1.54) is 11.3 Å². The maximum Gasteiger partial charge on any atom is 0.407 e. The molecule has 1 aromatic heterocycles. The SMILES string of the molecule is O=C(O)CCC(NC(=O)OCC1c2ccccc2-c2ccccc21)C(=O)NCc1cscc1Cl. The van der Waals surface area contributed by atoms with E-state index in [4.69, 9.17) is 21.4 Å². The maximum atomic E-state index is 12.7. The fraction of sp³-hybridized carbons (Fsp3) is 0.240. The monoisotopic (exact) mass is 498 g/mol. The maximum absolute atomic E-state index is 12.7. The standard InChI is InChI=1S/C25H23ClN2O5S/c26-21-14-34-13-15(21)11-27-24(31)22(9-10-23(29)30)28-25(32)33-12-20-18-7-3-1-5-16(18)17-6-2-4-8-19(17)20/h1-8,13-14,20,22H,9-12H2,(H,27,31)(H,28,32)(H,29,30). The van der Waals surface area contributed by atoms with Crippen molar-refractivity contribution < 1.29 is 24.2 Å². The summed E-state index contributed by atoms with van der Waals surface area (Å²) in [4.78, 5) is 36.3. The minimum atomic E-state index is -1.06. The van der Waals surface area contributed by atoms with Crippen molar-refractivity contribution in [3.63, 3.8) is 0 Å². The van der Waals surface area contributed by atoms with Crippen molar-refractivity contribution in [2.75, 3.05) is 6.61 Å². The van der Waals surface area contributed by atoms with Crippen LogP contribution in [0.1, 0.15) is 35.4 Å². The van der Waals surface area contributed by atoms with Crippen molar-refractivity contribution in [2.24, 2.45) is 0 Å². The molecule has 1 aliphatic rings. The molecule has 2 aromatic carbocycles. The normalized spacial score (nSPS) is 13.0. The van der Waals surface area contributed by atoms with E-state index >= 15 is 0 Å². The van der Waals surface area contributed by atoms with Crippen molar-refractivity contribution >= 4 is 40.9 Å². The molecule has 1 atom stereocenters. The van der Waals surface area contributed by atoms with Crippen LogP contribution >= 0.6 is 22.9 Å². The number of ether oxygens (including phenoxy) is 1. The first kappa shape index (κ1) is 23.8. The molecular formula is C25H23ClN2O5S. The van der Waals surface area contributed by atoms with Crippen molar-refractivity contribution in [3.05, 3.63) is 81.0 Å². The fourth-order valence-electron chi connectivity index (χ4n) is 4.06. The number of carboxylic acid groups (broad SMARTS) is 1. The van der Waals surface area contributed by atoms with Crippen LogP contribution in [0.2, 0.25) is 5.02 Å². The molecule has 1 unspecified atom stereocenters. The van der Waals surface area contributed by atoms with Crippen LogP contribution in [0.25, 0.3) is 11.1 Å². The molecule has 1 aliphatic carbocycles. The van der Waals surface area contributed by atoms with Gasteiger partial charge in [0.25, 0.3) is 0 Å². The van der Waals surface area contributed by atoms with E-state index in [2.05, 4.69) is 10.6 Å². The Balaban J connectivity index is 1.39. The first-order valence-electron chi connectivity index (χ1n) is 10.8. The Kier molecular flexibility index (Phi) is 7.49. The first-order valence-corrected chi connectivity index (χ1v) is 12.1. The Morgan fingerprint density at radius 1 is 1.03 bits per heavy atom. The minimum absolute atomic E-state index is 0.0667. The Labute approximate surface area is 205 Å². The summed E-state index contributed by atoms with van der Waals surface area (Å²) in [5.74, 6) is -1.68. The van der Waals surface area contributed by atoms with Gasteiger partial charge in [-0.15, -0.1) is 0 Å². The summed E-state index contributed by atoms with van der Waals surface area (Å²) in [7, 11) is 0. The summed E-state index contributed by atoms with van der Waals surface area (Å²) in [6, 6.07) is 14.9. The van der Waals surface area contributed by atoms with Crippen LogP contribution in [0.15, 0.2) is 59.3 Å². The van der Waals surface area contributed by atoms with Gasteiger partial charge in [-0.05, 0) is 34.1 Å². The molecule has 3 aromatic rings. The highest BCUT2D eigenvalue weighted by molar-refractivity contribution is 7.08. The molecule has 3 N–H and O–H groups in total. The van der Waals surface area contributed by atoms with Gasteiger partial charge in [0.15, 0.2) is 0 Å². The number of thiophene rings is 1. The van der Waals surface area contributed by atoms with Crippen LogP contribution in [-0.2, 0) is 20.9 Å². The third-order valence-electron chi connectivity index (χ3n) is 5.74. The van der Waals surface area contributed by atoms with Crippen LogP contribution < -0.4 is 10.6 Å². The molecule has 0 radical (unpaired) electrons. The van der Waals surface area contributed by atoms with Crippen LogP contribution in [0.3, 0.4) is 0 Å². The Morgan fingerprint density at radius 3 is 2.26 bits per heavy atom. The first-order chi connectivity index (χ1) is 16.4. The predicted octanol–water partition coefficient (Wildman–Crippen LogP) is 4.79. The lowest BCUT2D eigenvalue weighted by atomic mass is 9.98. The Morgan fingerprint density at radius 2 is 1.68 bits per heavy atom. The van der Waals surface area contributed by atoms with Crippen LogP contribution in [-0.4, -0.2) is 35.7 Å². The number of fused-ring (bicyclic) bond motifs is 3. The lowest BCUT2D eigenvalue weighted by Crippen LogP contribution is -2.47. The number of alkyl carbamates (subject to hydrolysis) is 1. The number of hydrogen-bond donors (Lipinski definition) is 3. The molecule has 34 heavy (non-hydrogen) atoms. The highest BCUT2D eigenvalue weighted by atomic mass is 35.5. The highest BCUT2D eigenvalue weighted by Gasteiger charge is 2.30. The quantitative estimate of drug-likeness (QED) is 0.393. The number of benzene rings is 2. The third-order valence-corrected chi connectivity index (χ3v) is 7.01. The summed E-state index contributed by atoms with van der Waals surface area (Å²) < 4.78 is 5.50. The van der Waals surface area contributed by atoms with Crippen LogP contribution in [0.5, 0.6) is 0 Å². The van der Waals surface area contributed by atoms with Gasteiger partial charge in [-0.1, -0.05) is 60.1 Å². The number of hydrogen-bond acceptors (Lipinski definition) is 5. The average molecular weight is 499 g/mol. The van der Waals surface area contributed by atoms with Crippen molar-refractivity contribution in [3.8, 4) is 11.1 Å². The summed E-state index contributed by atoms with van der Waals surface area (Å²) >= 11 is 7.47. The van der Waals surface area contributed by atoms with E-state index in [0.29, 0.717) is 5.02 Å². The zero-order chi connectivity index (χ0) is 24.1. The second-order valence-electron chi connectivity index (χ2n) is 7.92. The zero-order valence-corrected chi connectivity index (χ0v) is 19.7. The van der Waals surface area contributed by atoms with E-state index in [-0.39, 0.29) is 31.9 Å². The number of halogens is 1. The van der Waals surface area contributed by atoms with Gasteiger partial charge in [0, 0.05) is 29.8 Å². The smallest absolute Gasteiger partial charge is 0.407 e. The summed E-state index contributed by atoms with van der Waals surface area (Å²) in [6.45, 7) is 0.273. The number of carboxylic acids is 1. The van der Waals surface area contributed by atoms with E-state index in [0.717, 1.165) is 27.8 Å². The highest BCUT2D eigenvalue weighted by Crippen LogP contribution is 2.44. The molecule has 0 spiro atoms. The zero-order valence-electron chi connectivity index (χ0n) is 18.1. The van der Waals surface area contributed by atoms with E-state index in [1.807, 2.05) is 53.9 Å². The van der Waals surface area contributed by atoms with Gasteiger partial charge < -0.3 is 20.5 Å². The molecule has 176 valence electrons. The largest absolute Gasteiger partial charge is 0.481 e.